The molecule has 0 bridgehead atoms. The minimum Gasteiger partial charge on any atom is -0.492 e. The molecule has 0 radical (unpaired) electrons. The van der Waals surface area contributed by atoms with Crippen molar-refractivity contribution in [3.63, 3.8) is 0 Å². The van der Waals surface area contributed by atoms with Gasteiger partial charge in [-0.3, -0.25) is 0 Å². The number of rotatable bonds is 7. The molecule has 0 heterocycles. The molecule has 0 fully saturated rings. The first-order chi connectivity index (χ1) is 8.85. The zero-order valence-electron chi connectivity index (χ0n) is 11.2. The minimum absolute atomic E-state index is 0.0822. The summed E-state index contributed by atoms with van der Waals surface area (Å²) in [6, 6.07) is 5.30. The van der Waals surface area contributed by atoms with Crippen molar-refractivity contribution in [1.82, 2.24) is 0 Å². The second kappa shape index (κ2) is 7.12. The third-order valence-electron chi connectivity index (χ3n) is 2.78. The number of hydrogen-bond donors (Lipinski definition) is 1. The quantitative estimate of drug-likeness (QED) is 0.786. The first kappa shape index (κ1) is 16.3. The summed E-state index contributed by atoms with van der Waals surface area (Å²) in [5.74, 6) is 0.857. The molecule has 1 aromatic rings. The van der Waals surface area contributed by atoms with Crippen molar-refractivity contribution < 1.29 is 13.2 Å². The lowest BCUT2D eigenvalue weighted by Crippen LogP contribution is -2.12. The molecule has 0 aromatic heterocycles. The third kappa shape index (κ3) is 5.38. The van der Waals surface area contributed by atoms with Crippen molar-refractivity contribution in [2.24, 2.45) is 5.73 Å². The highest BCUT2D eigenvalue weighted by Crippen LogP contribution is 2.27. The molecule has 0 aliphatic carbocycles. The van der Waals surface area contributed by atoms with Gasteiger partial charge in [0.2, 0.25) is 0 Å². The number of halogens is 1. The van der Waals surface area contributed by atoms with Crippen molar-refractivity contribution in [1.29, 1.82) is 0 Å². The maximum absolute atomic E-state index is 11.3. The Morgan fingerprint density at radius 3 is 2.63 bits per heavy atom. The Morgan fingerprint density at radius 2 is 2.11 bits per heavy atom. The largest absolute Gasteiger partial charge is 0.492 e. The first-order valence-corrected chi connectivity index (χ1v) is 8.44. The van der Waals surface area contributed by atoms with Crippen LogP contribution >= 0.6 is 11.6 Å². The molecule has 0 unspecified atom stereocenters. The number of benzene rings is 1. The highest BCUT2D eigenvalue weighted by molar-refractivity contribution is 7.91. The van der Waals surface area contributed by atoms with Crippen LogP contribution in [-0.2, 0) is 9.84 Å². The topological polar surface area (TPSA) is 69.4 Å². The van der Waals surface area contributed by atoms with Crippen LogP contribution in [0.5, 0.6) is 5.75 Å². The predicted octanol–water partition coefficient (Wildman–Crippen LogP) is 2.56. The van der Waals surface area contributed by atoms with Gasteiger partial charge in [0, 0.05) is 11.8 Å². The van der Waals surface area contributed by atoms with E-state index in [1.807, 2.05) is 13.0 Å². The van der Waals surface area contributed by atoms with Crippen molar-refractivity contribution in [3.05, 3.63) is 28.8 Å². The van der Waals surface area contributed by atoms with E-state index >= 15 is 0 Å². The fourth-order valence-corrected chi connectivity index (χ4v) is 2.61. The predicted molar refractivity (Wildman–Crippen MR) is 78.5 cm³/mol. The molecule has 2 N–H and O–H groups in total. The average Bonchev–Trinajstić information content (AvgIpc) is 2.36. The van der Waals surface area contributed by atoms with E-state index in [0.717, 1.165) is 5.56 Å². The second-order valence-corrected chi connectivity index (χ2v) is 7.30. The van der Waals surface area contributed by atoms with E-state index in [0.29, 0.717) is 23.8 Å². The number of nitrogens with two attached hydrogens (primary N) is 1. The molecule has 0 amide bonds. The Bertz CT molecular complexity index is 515. The average molecular weight is 306 g/mol. The Kier molecular flexibility index (Phi) is 6.10. The summed E-state index contributed by atoms with van der Waals surface area (Å²) in [4.78, 5) is 0. The van der Waals surface area contributed by atoms with Gasteiger partial charge in [-0.25, -0.2) is 8.42 Å². The lowest BCUT2D eigenvalue weighted by atomic mass is 10.1. The summed E-state index contributed by atoms with van der Waals surface area (Å²) >= 11 is 6.07. The van der Waals surface area contributed by atoms with Gasteiger partial charge in [0.25, 0.3) is 0 Å². The van der Waals surface area contributed by atoms with Crippen LogP contribution in [-0.4, -0.2) is 26.5 Å². The maximum atomic E-state index is 11.3. The lowest BCUT2D eigenvalue weighted by Gasteiger charge is -2.11. The maximum Gasteiger partial charge on any atom is 0.150 e. The summed E-state index contributed by atoms with van der Waals surface area (Å²) in [6.45, 7) is 3.85. The second-order valence-electron chi connectivity index (χ2n) is 4.42. The fraction of sp³-hybridized carbons (Fsp3) is 0.538. The summed E-state index contributed by atoms with van der Waals surface area (Å²) in [5.41, 5.74) is 6.69. The van der Waals surface area contributed by atoms with Crippen LogP contribution in [0.2, 0.25) is 5.02 Å². The molecule has 1 rings (SSSR count). The van der Waals surface area contributed by atoms with Crippen molar-refractivity contribution in [3.8, 4) is 5.75 Å². The Labute approximate surface area is 119 Å². The number of sulfone groups is 1. The van der Waals surface area contributed by atoms with Crippen LogP contribution in [0.4, 0.5) is 0 Å². The zero-order valence-corrected chi connectivity index (χ0v) is 12.8. The van der Waals surface area contributed by atoms with E-state index in [1.165, 1.54) is 0 Å². The Morgan fingerprint density at radius 1 is 1.42 bits per heavy atom. The van der Waals surface area contributed by atoms with Gasteiger partial charge in [-0.05, 0) is 31.0 Å². The molecule has 0 aliphatic heterocycles. The van der Waals surface area contributed by atoms with Crippen LogP contribution < -0.4 is 10.5 Å². The summed E-state index contributed by atoms with van der Waals surface area (Å²) < 4.78 is 28.1. The molecule has 1 aromatic carbocycles. The standard InChI is InChI=1S/C13H20ClNO3S/c1-3-19(16,17)8-4-7-18-13-6-5-11(10(2)15)9-12(13)14/h5-6,9-10H,3-4,7-8,15H2,1-2H3/t10-/m1/s1. The van der Waals surface area contributed by atoms with Crippen LogP contribution in [0.15, 0.2) is 18.2 Å². The molecule has 4 nitrogen and oxygen atoms in total. The lowest BCUT2D eigenvalue weighted by molar-refractivity contribution is 0.318. The Hall–Kier alpha value is -0.780. The molecule has 0 aliphatic rings. The van der Waals surface area contributed by atoms with Gasteiger partial charge in [0.15, 0.2) is 0 Å². The van der Waals surface area contributed by atoms with Crippen LogP contribution in [0, 0.1) is 0 Å². The molecule has 108 valence electrons. The smallest absolute Gasteiger partial charge is 0.150 e. The monoisotopic (exact) mass is 305 g/mol. The summed E-state index contributed by atoms with van der Waals surface area (Å²) in [6.07, 6.45) is 0.460. The summed E-state index contributed by atoms with van der Waals surface area (Å²) in [5, 5.41) is 0.494. The number of ether oxygens (including phenoxy) is 1. The van der Waals surface area contributed by atoms with Crippen molar-refractivity contribution >= 4 is 21.4 Å². The van der Waals surface area contributed by atoms with Gasteiger partial charge < -0.3 is 10.5 Å². The van der Waals surface area contributed by atoms with E-state index in [1.54, 1.807) is 19.1 Å². The van der Waals surface area contributed by atoms with Crippen LogP contribution in [0.3, 0.4) is 0 Å². The van der Waals surface area contributed by atoms with Crippen molar-refractivity contribution in [2.75, 3.05) is 18.1 Å². The van der Waals surface area contributed by atoms with Gasteiger partial charge >= 0.3 is 0 Å². The van der Waals surface area contributed by atoms with E-state index in [9.17, 15) is 8.42 Å². The fourth-order valence-electron chi connectivity index (χ4n) is 1.52. The third-order valence-corrected chi connectivity index (χ3v) is 4.86. The van der Waals surface area contributed by atoms with E-state index in [2.05, 4.69) is 0 Å². The molecule has 6 heteroatoms. The molecular formula is C13H20ClNO3S. The number of hydrogen-bond acceptors (Lipinski definition) is 4. The molecule has 0 saturated carbocycles. The molecule has 19 heavy (non-hydrogen) atoms. The van der Waals surface area contributed by atoms with Gasteiger partial charge in [0.1, 0.15) is 15.6 Å². The van der Waals surface area contributed by atoms with Crippen LogP contribution in [0.1, 0.15) is 31.9 Å². The SMILES string of the molecule is CCS(=O)(=O)CCCOc1ccc([C@@H](C)N)cc1Cl. The van der Waals surface area contributed by atoms with E-state index < -0.39 is 9.84 Å². The van der Waals surface area contributed by atoms with Gasteiger partial charge in [-0.2, -0.15) is 0 Å². The van der Waals surface area contributed by atoms with Gasteiger partial charge in [-0.1, -0.05) is 24.6 Å². The van der Waals surface area contributed by atoms with Gasteiger partial charge in [0.05, 0.1) is 17.4 Å². The van der Waals surface area contributed by atoms with Gasteiger partial charge in [-0.15, -0.1) is 0 Å². The van der Waals surface area contributed by atoms with E-state index in [-0.39, 0.29) is 17.5 Å². The molecule has 0 spiro atoms. The van der Waals surface area contributed by atoms with E-state index in [4.69, 9.17) is 22.1 Å². The summed E-state index contributed by atoms with van der Waals surface area (Å²) in [7, 11) is -2.93. The Balaban J connectivity index is 2.50. The zero-order chi connectivity index (χ0) is 14.5. The van der Waals surface area contributed by atoms with Crippen LogP contribution in [0.25, 0.3) is 0 Å². The molecule has 1 atom stereocenters. The molecular weight excluding hydrogens is 286 g/mol. The highest BCUT2D eigenvalue weighted by atomic mass is 35.5. The van der Waals surface area contributed by atoms with Crippen molar-refractivity contribution in [2.45, 2.75) is 26.3 Å². The normalized spacial score (nSPS) is 13.3. The minimum atomic E-state index is -2.93. The molecule has 0 saturated heterocycles. The highest BCUT2D eigenvalue weighted by Gasteiger charge is 2.08. The first-order valence-electron chi connectivity index (χ1n) is 6.24.